The Balaban J connectivity index is 3.38. The van der Waals surface area contributed by atoms with Crippen LogP contribution in [0.25, 0.3) is 0 Å². The summed E-state index contributed by atoms with van der Waals surface area (Å²) in [7, 11) is 0. The van der Waals surface area contributed by atoms with Crippen molar-refractivity contribution in [2.24, 2.45) is 11.8 Å². The van der Waals surface area contributed by atoms with Crippen molar-refractivity contribution in [2.45, 2.75) is 64.5 Å². The molecule has 3 unspecified atom stereocenters. The second-order valence-corrected chi connectivity index (χ2v) is 6.36. The molecule has 16 heavy (non-hydrogen) atoms. The Bertz CT molecular complexity index is 192. The summed E-state index contributed by atoms with van der Waals surface area (Å²) in [5, 5.41) is 0.827. The minimum atomic E-state index is 0.462. The Labute approximate surface area is 107 Å². The van der Waals surface area contributed by atoms with Crippen LogP contribution in [0.3, 0.4) is 0 Å². The Kier molecular flexibility index (Phi) is 10.0. The van der Waals surface area contributed by atoms with E-state index in [1.54, 1.807) is 0 Å². The average molecular weight is 240 g/mol. The zero-order valence-corrected chi connectivity index (χ0v) is 12.3. The van der Waals surface area contributed by atoms with Crippen molar-refractivity contribution in [3.05, 3.63) is 0 Å². The van der Waals surface area contributed by atoms with Crippen LogP contribution >= 0.6 is 11.8 Å². The maximum Gasteiger partial charge on any atom is 0.0171 e. The van der Waals surface area contributed by atoms with Gasteiger partial charge in [-0.25, -0.2) is 0 Å². The molecule has 0 fully saturated rings. The summed E-state index contributed by atoms with van der Waals surface area (Å²) in [6.07, 6.45) is 15.5. The first-order valence-corrected chi connectivity index (χ1v) is 7.87. The molecule has 0 aromatic rings. The van der Waals surface area contributed by atoms with Gasteiger partial charge in [0.05, 0.1) is 0 Å². The molecule has 1 heteroatoms. The van der Waals surface area contributed by atoms with E-state index in [2.05, 4.69) is 32.9 Å². The molecule has 0 amide bonds. The lowest BCUT2D eigenvalue weighted by Crippen LogP contribution is -2.00. The van der Waals surface area contributed by atoms with Gasteiger partial charge in [-0.1, -0.05) is 46.5 Å². The van der Waals surface area contributed by atoms with E-state index >= 15 is 0 Å². The Morgan fingerprint density at radius 3 is 2.06 bits per heavy atom. The van der Waals surface area contributed by atoms with E-state index in [4.69, 9.17) is 6.42 Å². The summed E-state index contributed by atoms with van der Waals surface area (Å²) in [6, 6.07) is 0. The van der Waals surface area contributed by atoms with E-state index in [1.807, 2.05) is 11.8 Å². The molecule has 0 radical (unpaired) electrons. The summed E-state index contributed by atoms with van der Waals surface area (Å²) in [6.45, 7) is 6.85. The van der Waals surface area contributed by atoms with Gasteiger partial charge in [0.25, 0.3) is 0 Å². The van der Waals surface area contributed by atoms with Crippen molar-refractivity contribution in [2.75, 3.05) is 6.26 Å². The predicted molar refractivity (Wildman–Crippen MR) is 77.8 cm³/mol. The molecule has 0 heterocycles. The molecular weight excluding hydrogens is 212 g/mol. The third-order valence-corrected chi connectivity index (χ3v) is 4.37. The number of thioether (sulfide) groups is 1. The van der Waals surface area contributed by atoms with Crippen LogP contribution in [0.4, 0.5) is 0 Å². The topological polar surface area (TPSA) is 0 Å². The molecule has 0 N–H and O–H groups in total. The molecule has 0 aromatic carbocycles. The van der Waals surface area contributed by atoms with Gasteiger partial charge in [-0.05, 0) is 25.0 Å². The minimum absolute atomic E-state index is 0.462. The summed E-state index contributed by atoms with van der Waals surface area (Å²) >= 11 is 1.98. The third-order valence-electron chi connectivity index (χ3n) is 3.33. The van der Waals surface area contributed by atoms with Crippen LogP contribution in [-0.2, 0) is 0 Å². The number of rotatable bonds is 9. The summed E-state index contributed by atoms with van der Waals surface area (Å²) in [5.41, 5.74) is 0. The maximum atomic E-state index is 5.37. The normalized spacial score (nSPS) is 16.4. The van der Waals surface area contributed by atoms with Crippen LogP contribution in [0.1, 0.15) is 59.3 Å². The molecule has 94 valence electrons. The second kappa shape index (κ2) is 10.1. The lowest BCUT2D eigenvalue weighted by Gasteiger charge is -2.13. The highest BCUT2D eigenvalue weighted by Gasteiger charge is 2.05. The van der Waals surface area contributed by atoms with Crippen molar-refractivity contribution in [1.82, 2.24) is 0 Å². The molecule has 0 aliphatic heterocycles. The fourth-order valence-electron chi connectivity index (χ4n) is 1.87. The first-order valence-electron chi connectivity index (χ1n) is 6.59. The van der Waals surface area contributed by atoms with Crippen LogP contribution in [0.15, 0.2) is 0 Å². The fourth-order valence-corrected chi connectivity index (χ4v) is 2.27. The van der Waals surface area contributed by atoms with Crippen LogP contribution < -0.4 is 0 Å². The standard InChI is InChI=1S/C15H28S/c1-6-13(2)9-7-10-14(3)11-8-12-15(4)16-5/h1,13-15H,7-12H2,2-5H3. The monoisotopic (exact) mass is 240 g/mol. The van der Waals surface area contributed by atoms with Crippen LogP contribution in [0, 0.1) is 24.2 Å². The lowest BCUT2D eigenvalue weighted by molar-refractivity contribution is 0.433. The highest BCUT2D eigenvalue weighted by molar-refractivity contribution is 7.99. The molecule has 0 rings (SSSR count). The maximum absolute atomic E-state index is 5.37. The zero-order valence-electron chi connectivity index (χ0n) is 11.5. The van der Waals surface area contributed by atoms with Gasteiger partial charge in [-0.15, -0.1) is 12.3 Å². The smallest absolute Gasteiger partial charge is 0.0171 e. The van der Waals surface area contributed by atoms with Gasteiger partial charge in [0.2, 0.25) is 0 Å². The van der Waals surface area contributed by atoms with Crippen molar-refractivity contribution >= 4 is 11.8 Å². The van der Waals surface area contributed by atoms with Gasteiger partial charge in [0.15, 0.2) is 0 Å². The fraction of sp³-hybridized carbons (Fsp3) is 0.867. The first kappa shape index (κ1) is 15.9. The van der Waals surface area contributed by atoms with Crippen molar-refractivity contribution in [3.63, 3.8) is 0 Å². The summed E-state index contributed by atoms with van der Waals surface area (Å²) < 4.78 is 0. The first-order chi connectivity index (χ1) is 7.60. The Hall–Kier alpha value is -0.0900. The highest BCUT2D eigenvalue weighted by Crippen LogP contribution is 2.20. The Morgan fingerprint density at radius 2 is 1.56 bits per heavy atom. The largest absolute Gasteiger partial charge is 0.162 e. The van der Waals surface area contributed by atoms with Gasteiger partial charge in [0, 0.05) is 11.2 Å². The van der Waals surface area contributed by atoms with Crippen molar-refractivity contribution < 1.29 is 0 Å². The molecule has 0 saturated carbocycles. The van der Waals surface area contributed by atoms with Gasteiger partial charge in [-0.2, -0.15) is 11.8 Å². The van der Waals surface area contributed by atoms with Gasteiger partial charge in [0.1, 0.15) is 0 Å². The zero-order chi connectivity index (χ0) is 12.4. The molecule has 0 saturated heterocycles. The second-order valence-electron chi connectivity index (χ2n) is 5.08. The minimum Gasteiger partial charge on any atom is -0.162 e. The third kappa shape index (κ3) is 9.16. The molecule has 0 bridgehead atoms. The summed E-state index contributed by atoms with van der Waals surface area (Å²) in [4.78, 5) is 0. The number of hydrogen-bond acceptors (Lipinski definition) is 1. The van der Waals surface area contributed by atoms with Gasteiger partial charge >= 0.3 is 0 Å². The van der Waals surface area contributed by atoms with Gasteiger partial charge in [-0.3, -0.25) is 0 Å². The predicted octanol–water partition coefficient (Wildman–Crippen LogP) is 4.98. The van der Waals surface area contributed by atoms with Crippen LogP contribution in [0.2, 0.25) is 0 Å². The quantitative estimate of drug-likeness (QED) is 0.512. The Morgan fingerprint density at radius 1 is 1.00 bits per heavy atom. The number of terminal acetylenes is 1. The van der Waals surface area contributed by atoms with E-state index in [0.717, 1.165) is 11.2 Å². The van der Waals surface area contributed by atoms with E-state index in [-0.39, 0.29) is 0 Å². The van der Waals surface area contributed by atoms with Gasteiger partial charge < -0.3 is 0 Å². The molecule has 0 aliphatic rings. The highest BCUT2D eigenvalue weighted by atomic mass is 32.2. The molecule has 0 aromatic heterocycles. The van der Waals surface area contributed by atoms with E-state index in [1.165, 1.54) is 38.5 Å². The molecule has 0 aliphatic carbocycles. The molecule has 0 nitrogen and oxygen atoms in total. The molecular formula is C15H28S. The number of hydrogen-bond donors (Lipinski definition) is 0. The lowest BCUT2D eigenvalue weighted by atomic mass is 9.95. The van der Waals surface area contributed by atoms with Crippen molar-refractivity contribution in [3.8, 4) is 12.3 Å². The van der Waals surface area contributed by atoms with E-state index in [0.29, 0.717) is 5.92 Å². The summed E-state index contributed by atoms with van der Waals surface area (Å²) in [5.74, 6) is 4.14. The van der Waals surface area contributed by atoms with Crippen LogP contribution in [0.5, 0.6) is 0 Å². The van der Waals surface area contributed by atoms with Crippen LogP contribution in [-0.4, -0.2) is 11.5 Å². The molecule has 0 spiro atoms. The van der Waals surface area contributed by atoms with Crippen molar-refractivity contribution in [1.29, 1.82) is 0 Å². The SMILES string of the molecule is C#CC(C)CCCC(C)CCCC(C)SC. The average Bonchev–Trinajstić information content (AvgIpc) is 2.28. The van der Waals surface area contributed by atoms with E-state index in [9.17, 15) is 0 Å². The molecule has 3 atom stereocenters. The van der Waals surface area contributed by atoms with E-state index < -0.39 is 0 Å².